The van der Waals surface area contributed by atoms with Gasteiger partial charge in [0.25, 0.3) is 0 Å². The number of carbonyl (C=O) groups is 2. The van der Waals surface area contributed by atoms with E-state index in [9.17, 15) is 9.59 Å². The molecule has 0 aromatic heterocycles. The highest BCUT2D eigenvalue weighted by molar-refractivity contribution is 6.04. The number of esters is 1. The number of hydrogen-bond donors (Lipinski definition) is 0. The number of benzene rings is 1. The third-order valence-corrected chi connectivity index (χ3v) is 3.58. The summed E-state index contributed by atoms with van der Waals surface area (Å²) in [6.45, 7) is 4.12. The molecule has 1 atom stereocenters. The summed E-state index contributed by atoms with van der Waals surface area (Å²) < 4.78 is 4.91. The molecule has 3 heteroatoms. The van der Waals surface area contributed by atoms with E-state index in [0.29, 0.717) is 19.4 Å². The summed E-state index contributed by atoms with van der Waals surface area (Å²) in [6, 6.07) is 7.69. The van der Waals surface area contributed by atoms with Crippen molar-refractivity contribution >= 4 is 11.8 Å². The van der Waals surface area contributed by atoms with Gasteiger partial charge >= 0.3 is 5.97 Å². The largest absolute Gasteiger partial charge is 0.466 e. The van der Waals surface area contributed by atoms with Gasteiger partial charge in [0.15, 0.2) is 5.78 Å². The van der Waals surface area contributed by atoms with Crippen molar-refractivity contribution in [1.82, 2.24) is 0 Å². The maximum absolute atomic E-state index is 12.3. The first kappa shape index (κ1) is 12.8. The number of Topliss-reactive ketones (excluding diaryl/α,β-unsaturated/α-hetero) is 1. The lowest BCUT2D eigenvalue weighted by Gasteiger charge is -2.21. The summed E-state index contributed by atoms with van der Waals surface area (Å²) in [6.07, 6.45) is 1.59. The molecule has 2 rings (SSSR count). The standard InChI is InChI=1S/C15H18O3/c1-3-18-13(16)8-9-15(2)10-11-6-4-5-7-12(11)14(15)17/h4-7H,3,8-10H2,1-2H3. The molecule has 18 heavy (non-hydrogen) atoms. The predicted octanol–water partition coefficient (Wildman–Crippen LogP) is 2.78. The second-order valence-corrected chi connectivity index (χ2v) is 5.03. The molecular weight excluding hydrogens is 228 g/mol. The fourth-order valence-electron chi connectivity index (χ4n) is 2.53. The molecule has 1 aromatic carbocycles. The van der Waals surface area contributed by atoms with E-state index in [4.69, 9.17) is 4.74 Å². The Bertz CT molecular complexity index is 478. The van der Waals surface area contributed by atoms with Crippen molar-refractivity contribution in [3.8, 4) is 0 Å². The van der Waals surface area contributed by atoms with Crippen molar-refractivity contribution in [1.29, 1.82) is 0 Å². The quantitative estimate of drug-likeness (QED) is 0.767. The molecule has 0 amide bonds. The van der Waals surface area contributed by atoms with Crippen LogP contribution in [0, 0.1) is 5.41 Å². The topological polar surface area (TPSA) is 43.4 Å². The maximum Gasteiger partial charge on any atom is 0.305 e. The van der Waals surface area contributed by atoms with Gasteiger partial charge in [0.05, 0.1) is 6.61 Å². The average molecular weight is 246 g/mol. The number of rotatable bonds is 4. The van der Waals surface area contributed by atoms with Gasteiger partial charge in [-0.1, -0.05) is 31.2 Å². The van der Waals surface area contributed by atoms with E-state index in [1.165, 1.54) is 0 Å². The average Bonchev–Trinajstić information content (AvgIpc) is 2.61. The molecule has 3 nitrogen and oxygen atoms in total. The van der Waals surface area contributed by atoms with Gasteiger partial charge in [0, 0.05) is 17.4 Å². The molecule has 1 aliphatic carbocycles. The molecule has 0 bridgehead atoms. The van der Waals surface area contributed by atoms with E-state index >= 15 is 0 Å². The lowest BCUT2D eigenvalue weighted by Crippen LogP contribution is -2.25. The highest BCUT2D eigenvalue weighted by Gasteiger charge is 2.41. The molecule has 0 spiro atoms. The molecule has 1 aromatic rings. The number of ether oxygens (including phenoxy) is 1. The molecule has 0 fully saturated rings. The van der Waals surface area contributed by atoms with Gasteiger partial charge in [0.2, 0.25) is 0 Å². The van der Waals surface area contributed by atoms with E-state index in [0.717, 1.165) is 17.5 Å². The van der Waals surface area contributed by atoms with Crippen molar-refractivity contribution in [2.24, 2.45) is 5.41 Å². The zero-order valence-corrected chi connectivity index (χ0v) is 10.9. The molecule has 96 valence electrons. The number of hydrogen-bond acceptors (Lipinski definition) is 3. The summed E-state index contributed by atoms with van der Waals surface area (Å²) in [5, 5.41) is 0. The minimum Gasteiger partial charge on any atom is -0.466 e. The van der Waals surface area contributed by atoms with Crippen molar-refractivity contribution in [2.45, 2.75) is 33.1 Å². The third-order valence-electron chi connectivity index (χ3n) is 3.58. The fraction of sp³-hybridized carbons (Fsp3) is 0.467. The van der Waals surface area contributed by atoms with Gasteiger partial charge in [-0.05, 0) is 25.3 Å². The monoisotopic (exact) mass is 246 g/mol. The maximum atomic E-state index is 12.3. The van der Waals surface area contributed by atoms with Crippen molar-refractivity contribution in [3.63, 3.8) is 0 Å². The molecule has 0 saturated carbocycles. The Morgan fingerprint density at radius 1 is 1.39 bits per heavy atom. The van der Waals surface area contributed by atoms with E-state index in [1.807, 2.05) is 31.2 Å². The van der Waals surface area contributed by atoms with E-state index < -0.39 is 5.41 Å². The van der Waals surface area contributed by atoms with Crippen LogP contribution in [0.4, 0.5) is 0 Å². The smallest absolute Gasteiger partial charge is 0.305 e. The summed E-state index contributed by atoms with van der Waals surface area (Å²) in [7, 11) is 0. The highest BCUT2D eigenvalue weighted by atomic mass is 16.5. The van der Waals surface area contributed by atoms with Gasteiger partial charge in [-0.15, -0.1) is 0 Å². The second-order valence-electron chi connectivity index (χ2n) is 5.03. The number of fused-ring (bicyclic) bond motifs is 1. The molecule has 0 aliphatic heterocycles. The zero-order chi connectivity index (χ0) is 13.2. The Kier molecular flexibility index (Phi) is 3.50. The molecule has 1 aliphatic rings. The fourth-order valence-corrected chi connectivity index (χ4v) is 2.53. The highest BCUT2D eigenvalue weighted by Crippen LogP contribution is 2.39. The first-order chi connectivity index (χ1) is 8.57. The van der Waals surface area contributed by atoms with Crippen LogP contribution in [0.25, 0.3) is 0 Å². The minimum absolute atomic E-state index is 0.155. The molecule has 0 N–H and O–H groups in total. The summed E-state index contributed by atoms with van der Waals surface area (Å²) in [4.78, 5) is 23.7. The Labute approximate surface area is 107 Å². The van der Waals surface area contributed by atoms with E-state index in [1.54, 1.807) is 6.92 Å². The van der Waals surface area contributed by atoms with Crippen LogP contribution in [0.2, 0.25) is 0 Å². The summed E-state index contributed by atoms with van der Waals surface area (Å²) in [5.41, 5.74) is 1.45. The van der Waals surface area contributed by atoms with Crippen molar-refractivity contribution < 1.29 is 14.3 Å². The SMILES string of the molecule is CCOC(=O)CCC1(C)Cc2ccccc2C1=O. The Morgan fingerprint density at radius 2 is 2.11 bits per heavy atom. The van der Waals surface area contributed by atoms with Crippen LogP contribution in [-0.4, -0.2) is 18.4 Å². The van der Waals surface area contributed by atoms with Crippen molar-refractivity contribution in [3.05, 3.63) is 35.4 Å². The molecule has 0 saturated heterocycles. The predicted molar refractivity (Wildman–Crippen MR) is 68.5 cm³/mol. The van der Waals surface area contributed by atoms with E-state index in [2.05, 4.69) is 0 Å². The normalized spacial score (nSPS) is 21.8. The van der Waals surface area contributed by atoms with Crippen molar-refractivity contribution in [2.75, 3.05) is 6.61 Å². The number of ketones is 1. The molecule has 0 radical (unpaired) electrons. The molecule has 1 unspecified atom stereocenters. The first-order valence-corrected chi connectivity index (χ1v) is 6.35. The van der Waals surface area contributed by atoms with Crippen LogP contribution < -0.4 is 0 Å². The van der Waals surface area contributed by atoms with Gasteiger partial charge < -0.3 is 4.74 Å². The van der Waals surface area contributed by atoms with Gasteiger partial charge in [0.1, 0.15) is 0 Å². The van der Waals surface area contributed by atoms with Crippen LogP contribution in [0.1, 0.15) is 42.6 Å². The first-order valence-electron chi connectivity index (χ1n) is 6.35. The van der Waals surface area contributed by atoms with E-state index in [-0.39, 0.29) is 11.8 Å². The molecule has 0 heterocycles. The Hall–Kier alpha value is -1.64. The van der Waals surface area contributed by atoms with Crippen LogP contribution >= 0.6 is 0 Å². The second kappa shape index (κ2) is 4.92. The number of carbonyl (C=O) groups excluding carboxylic acids is 2. The van der Waals surface area contributed by atoms with Crippen LogP contribution in [0.3, 0.4) is 0 Å². The van der Waals surface area contributed by atoms with Crippen LogP contribution in [0.15, 0.2) is 24.3 Å². The lowest BCUT2D eigenvalue weighted by molar-refractivity contribution is -0.143. The third kappa shape index (κ3) is 2.30. The Balaban J connectivity index is 2.06. The zero-order valence-electron chi connectivity index (χ0n) is 10.9. The Morgan fingerprint density at radius 3 is 2.78 bits per heavy atom. The van der Waals surface area contributed by atoms with Gasteiger partial charge in [-0.25, -0.2) is 0 Å². The van der Waals surface area contributed by atoms with Gasteiger partial charge in [-0.2, -0.15) is 0 Å². The summed E-state index contributed by atoms with van der Waals surface area (Å²) in [5.74, 6) is -0.0649. The van der Waals surface area contributed by atoms with Crippen LogP contribution in [-0.2, 0) is 16.0 Å². The van der Waals surface area contributed by atoms with Crippen LogP contribution in [0.5, 0.6) is 0 Å². The minimum atomic E-state index is -0.448. The lowest BCUT2D eigenvalue weighted by atomic mass is 9.81. The summed E-state index contributed by atoms with van der Waals surface area (Å²) >= 11 is 0. The van der Waals surface area contributed by atoms with Gasteiger partial charge in [-0.3, -0.25) is 9.59 Å². The molecular formula is C15H18O3.